The Kier molecular flexibility index (Phi) is 12.5. The van der Waals surface area contributed by atoms with E-state index in [1.165, 1.54) is 0 Å². The van der Waals surface area contributed by atoms with E-state index in [0.717, 1.165) is 11.3 Å². The highest BCUT2D eigenvalue weighted by Gasteiger charge is 2.00. The molecule has 0 aliphatic rings. The molecule has 0 aromatic heterocycles. The molecule has 19 heavy (non-hydrogen) atoms. The number of hydrogen-bond donors (Lipinski definition) is 3. The average Bonchev–Trinajstić information content (AvgIpc) is 2.35. The van der Waals surface area contributed by atoms with E-state index in [-0.39, 0.29) is 30.7 Å². The summed E-state index contributed by atoms with van der Waals surface area (Å²) in [5, 5.41) is 2.79. The van der Waals surface area contributed by atoms with Crippen molar-refractivity contribution in [2.75, 3.05) is 18.4 Å². The summed E-state index contributed by atoms with van der Waals surface area (Å²) in [5.74, 6) is 5.67. The lowest BCUT2D eigenvalue weighted by molar-refractivity contribution is -0.116. The zero-order chi connectivity index (χ0) is 12.5. The number of benzene rings is 1. The van der Waals surface area contributed by atoms with Crippen LogP contribution in [0.3, 0.4) is 0 Å². The molecule has 5 N–H and O–H groups in total. The third-order valence-electron chi connectivity index (χ3n) is 2.11. The number of halogens is 2. The molecule has 0 fully saturated rings. The van der Waals surface area contributed by atoms with Crippen LogP contribution < -0.4 is 16.8 Å². The number of anilines is 1. The van der Waals surface area contributed by atoms with E-state index in [0.29, 0.717) is 25.9 Å². The fourth-order valence-corrected chi connectivity index (χ4v) is 1.28. The van der Waals surface area contributed by atoms with Gasteiger partial charge in [0, 0.05) is 17.7 Å². The summed E-state index contributed by atoms with van der Waals surface area (Å²) in [6.45, 7) is 0.874. The van der Waals surface area contributed by atoms with E-state index in [1.807, 2.05) is 24.3 Å². The van der Waals surface area contributed by atoms with Gasteiger partial charge in [0.2, 0.25) is 5.91 Å². The molecular formula is C13H19Cl2N3O. The van der Waals surface area contributed by atoms with Crippen molar-refractivity contribution in [2.24, 2.45) is 11.5 Å². The van der Waals surface area contributed by atoms with Crippen LogP contribution in [0.4, 0.5) is 5.69 Å². The minimum absolute atomic E-state index is 0. The van der Waals surface area contributed by atoms with Crippen molar-refractivity contribution >= 4 is 36.4 Å². The molecule has 1 rings (SSSR count). The van der Waals surface area contributed by atoms with Crippen molar-refractivity contribution in [1.29, 1.82) is 0 Å². The topological polar surface area (TPSA) is 81.1 Å². The van der Waals surface area contributed by atoms with Crippen molar-refractivity contribution in [3.05, 3.63) is 29.8 Å². The van der Waals surface area contributed by atoms with E-state index in [1.54, 1.807) is 0 Å². The molecule has 0 saturated heterocycles. The van der Waals surface area contributed by atoms with Gasteiger partial charge in [0.1, 0.15) is 0 Å². The standard InChI is InChI=1S/C13H17N3O.2ClH/c14-9-1-3-11-5-7-12(8-6-11)16-13(17)4-2-10-15;;/h5-8H,2,4,9-10,14-15H2,(H,16,17);2*1H. The lowest BCUT2D eigenvalue weighted by atomic mass is 10.2. The van der Waals surface area contributed by atoms with Gasteiger partial charge in [0.25, 0.3) is 0 Å². The Labute approximate surface area is 126 Å². The van der Waals surface area contributed by atoms with Crippen molar-refractivity contribution in [3.63, 3.8) is 0 Å². The Morgan fingerprint density at radius 2 is 1.79 bits per heavy atom. The molecule has 0 saturated carbocycles. The Hall–Kier alpha value is -1.25. The summed E-state index contributed by atoms with van der Waals surface area (Å²) >= 11 is 0. The predicted octanol–water partition coefficient (Wildman–Crippen LogP) is 1.52. The van der Waals surface area contributed by atoms with Crippen LogP contribution >= 0.6 is 24.8 Å². The highest BCUT2D eigenvalue weighted by atomic mass is 35.5. The van der Waals surface area contributed by atoms with Gasteiger partial charge in [-0.05, 0) is 37.2 Å². The van der Waals surface area contributed by atoms with Gasteiger partial charge in [-0.1, -0.05) is 11.8 Å². The molecule has 4 nitrogen and oxygen atoms in total. The SMILES string of the molecule is Cl.Cl.NCC#Cc1ccc(NC(=O)CCCN)cc1. The van der Waals surface area contributed by atoms with E-state index < -0.39 is 0 Å². The van der Waals surface area contributed by atoms with Crippen LogP contribution in [-0.2, 0) is 4.79 Å². The summed E-state index contributed by atoms with van der Waals surface area (Å²) in [6.07, 6.45) is 1.15. The van der Waals surface area contributed by atoms with Crippen LogP contribution in [-0.4, -0.2) is 19.0 Å². The summed E-state index contributed by atoms with van der Waals surface area (Å²) in [4.78, 5) is 11.4. The van der Waals surface area contributed by atoms with E-state index in [4.69, 9.17) is 11.5 Å². The zero-order valence-corrected chi connectivity index (χ0v) is 12.2. The normalized spacial score (nSPS) is 8.32. The first-order chi connectivity index (χ1) is 8.26. The number of hydrogen-bond acceptors (Lipinski definition) is 3. The largest absolute Gasteiger partial charge is 0.330 e. The zero-order valence-electron chi connectivity index (χ0n) is 10.5. The van der Waals surface area contributed by atoms with E-state index >= 15 is 0 Å². The smallest absolute Gasteiger partial charge is 0.224 e. The maximum Gasteiger partial charge on any atom is 0.224 e. The maximum atomic E-state index is 11.4. The molecule has 0 heterocycles. The molecule has 6 heteroatoms. The minimum atomic E-state index is -0.0174. The molecule has 0 aliphatic carbocycles. The van der Waals surface area contributed by atoms with Gasteiger partial charge in [-0.3, -0.25) is 4.79 Å². The fourth-order valence-electron chi connectivity index (χ4n) is 1.28. The van der Waals surface area contributed by atoms with Gasteiger partial charge < -0.3 is 16.8 Å². The molecular weight excluding hydrogens is 285 g/mol. The van der Waals surface area contributed by atoms with Crippen LogP contribution in [0.15, 0.2) is 24.3 Å². The lowest BCUT2D eigenvalue weighted by Gasteiger charge is -2.04. The van der Waals surface area contributed by atoms with Crippen LogP contribution in [0.1, 0.15) is 18.4 Å². The third kappa shape index (κ3) is 8.46. The van der Waals surface area contributed by atoms with Gasteiger partial charge in [0.15, 0.2) is 0 Å². The fraction of sp³-hybridized carbons (Fsp3) is 0.308. The molecule has 1 aromatic rings. The molecule has 0 spiro atoms. The number of nitrogens with one attached hydrogen (secondary N) is 1. The Morgan fingerprint density at radius 3 is 2.32 bits per heavy atom. The number of carbonyl (C=O) groups is 1. The van der Waals surface area contributed by atoms with Gasteiger partial charge in [0.05, 0.1) is 6.54 Å². The summed E-state index contributed by atoms with van der Waals surface area (Å²) in [6, 6.07) is 7.34. The highest BCUT2D eigenvalue weighted by molar-refractivity contribution is 5.90. The third-order valence-corrected chi connectivity index (χ3v) is 2.11. The second-order valence-corrected chi connectivity index (χ2v) is 3.52. The number of amides is 1. The van der Waals surface area contributed by atoms with Crippen molar-refractivity contribution in [2.45, 2.75) is 12.8 Å². The van der Waals surface area contributed by atoms with Crippen LogP contribution in [0.2, 0.25) is 0 Å². The molecule has 0 bridgehead atoms. The first-order valence-electron chi connectivity index (χ1n) is 5.55. The molecule has 0 unspecified atom stereocenters. The van der Waals surface area contributed by atoms with Gasteiger partial charge in [-0.2, -0.15) is 0 Å². The Bertz CT molecular complexity index is 424. The Balaban J connectivity index is 0. The molecule has 0 atom stereocenters. The van der Waals surface area contributed by atoms with Crippen LogP contribution in [0, 0.1) is 11.8 Å². The monoisotopic (exact) mass is 303 g/mol. The van der Waals surface area contributed by atoms with Crippen molar-refractivity contribution in [3.8, 4) is 11.8 Å². The number of rotatable bonds is 4. The van der Waals surface area contributed by atoms with E-state index in [2.05, 4.69) is 17.2 Å². The number of nitrogens with two attached hydrogens (primary N) is 2. The molecule has 0 aliphatic heterocycles. The summed E-state index contributed by atoms with van der Waals surface area (Å²) in [5.41, 5.74) is 12.3. The summed E-state index contributed by atoms with van der Waals surface area (Å²) in [7, 11) is 0. The average molecular weight is 304 g/mol. The Morgan fingerprint density at radius 1 is 1.16 bits per heavy atom. The highest BCUT2D eigenvalue weighted by Crippen LogP contribution is 2.09. The van der Waals surface area contributed by atoms with Gasteiger partial charge in [-0.15, -0.1) is 24.8 Å². The van der Waals surface area contributed by atoms with Gasteiger partial charge >= 0.3 is 0 Å². The second-order valence-electron chi connectivity index (χ2n) is 3.52. The second kappa shape index (κ2) is 11.8. The van der Waals surface area contributed by atoms with Crippen LogP contribution in [0.25, 0.3) is 0 Å². The summed E-state index contributed by atoms with van der Waals surface area (Å²) < 4.78 is 0. The molecule has 1 amide bonds. The molecule has 106 valence electrons. The van der Waals surface area contributed by atoms with Crippen molar-refractivity contribution in [1.82, 2.24) is 0 Å². The van der Waals surface area contributed by atoms with Crippen LogP contribution in [0.5, 0.6) is 0 Å². The molecule has 1 aromatic carbocycles. The molecule has 0 radical (unpaired) electrons. The minimum Gasteiger partial charge on any atom is -0.330 e. The van der Waals surface area contributed by atoms with Gasteiger partial charge in [-0.25, -0.2) is 0 Å². The quantitative estimate of drug-likeness (QED) is 0.738. The number of carbonyl (C=O) groups excluding carboxylic acids is 1. The first-order valence-corrected chi connectivity index (χ1v) is 5.55. The van der Waals surface area contributed by atoms with E-state index in [9.17, 15) is 4.79 Å². The first kappa shape index (κ1) is 20.1. The van der Waals surface area contributed by atoms with Crippen molar-refractivity contribution < 1.29 is 4.79 Å². The maximum absolute atomic E-state index is 11.4. The lowest BCUT2D eigenvalue weighted by Crippen LogP contribution is -2.13. The predicted molar refractivity (Wildman–Crippen MR) is 83.8 cm³/mol.